The zero-order valence-corrected chi connectivity index (χ0v) is 13.6. The zero-order valence-electron chi connectivity index (χ0n) is 12.8. The first-order valence-electron chi connectivity index (χ1n) is 7.41. The molecule has 1 aromatic carbocycles. The molecular weight excluding hydrogens is 285 g/mol. The average Bonchev–Trinajstić information content (AvgIpc) is 2.46. The molecule has 116 valence electrons. The number of thiocarbonyl (C=S) groups is 1. The molecule has 1 aromatic rings. The third-order valence-corrected chi connectivity index (χ3v) is 4.84. The molecule has 0 aliphatic carbocycles. The van der Waals surface area contributed by atoms with Gasteiger partial charge >= 0.3 is 0 Å². The Hall–Kier alpha value is -1.20. The molecule has 2 rings (SSSR count). The van der Waals surface area contributed by atoms with Crippen molar-refractivity contribution >= 4 is 22.9 Å². The summed E-state index contributed by atoms with van der Waals surface area (Å²) >= 11 is 5.11. The minimum Gasteiger partial charge on any atom is -0.393 e. The molecule has 1 fully saturated rings. The van der Waals surface area contributed by atoms with E-state index in [9.17, 15) is 4.39 Å². The lowest BCUT2D eigenvalue weighted by Crippen LogP contribution is -2.47. The number of hydrogen-bond donors (Lipinski definition) is 1. The molecule has 5 heteroatoms. The van der Waals surface area contributed by atoms with E-state index in [4.69, 9.17) is 18.0 Å². The molecule has 0 amide bonds. The summed E-state index contributed by atoms with van der Waals surface area (Å²) in [5.74, 6) is -0.183. The highest BCUT2D eigenvalue weighted by molar-refractivity contribution is 7.80. The SMILES string of the molecule is CC(C)(CCN1CCN(c2ccc(F)cc2)CC1)C(N)=S. The van der Waals surface area contributed by atoms with Crippen molar-refractivity contribution in [3.05, 3.63) is 30.1 Å². The fourth-order valence-electron chi connectivity index (χ4n) is 2.44. The Labute approximate surface area is 131 Å². The van der Waals surface area contributed by atoms with Crippen LogP contribution < -0.4 is 10.6 Å². The minimum atomic E-state index is -0.183. The van der Waals surface area contributed by atoms with Gasteiger partial charge in [-0.05, 0) is 37.2 Å². The van der Waals surface area contributed by atoms with E-state index in [1.54, 1.807) is 0 Å². The second-order valence-corrected chi connectivity index (χ2v) is 6.74. The molecule has 0 radical (unpaired) electrons. The summed E-state index contributed by atoms with van der Waals surface area (Å²) in [4.78, 5) is 5.33. The van der Waals surface area contributed by atoms with Crippen molar-refractivity contribution < 1.29 is 4.39 Å². The lowest BCUT2D eigenvalue weighted by Gasteiger charge is -2.37. The van der Waals surface area contributed by atoms with E-state index in [-0.39, 0.29) is 11.2 Å². The molecule has 1 aliphatic heterocycles. The molecule has 0 spiro atoms. The van der Waals surface area contributed by atoms with Crippen molar-refractivity contribution in [2.45, 2.75) is 20.3 Å². The fourth-order valence-corrected chi connectivity index (χ4v) is 2.54. The molecule has 0 saturated carbocycles. The topological polar surface area (TPSA) is 32.5 Å². The van der Waals surface area contributed by atoms with Gasteiger partial charge in [0.25, 0.3) is 0 Å². The Bertz CT molecular complexity index is 479. The molecule has 0 atom stereocenters. The van der Waals surface area contributed by atoms with Gasteiger partial charge in [-0.15, -0.1) is 0 Å². The van der Waals surface area contributed by atoms with Gasteiger partial charge in [0, 0.05) is 37.3 Å². The third kappa shape index (κ3) is 4.38. The summed E-state index contributed by atoms with van der Waals surface area (Å²) in [6.45, 7) is 9.20. The predicted molar refractivity (Wildman–Crippen MR) is 90.2 cm³/mol. The van der Waals surface area contributed by atoms with Crippen LogP contribution in [0.15, 0.2) is 24.3 Å². The first kappa shape index (κ1) is 16.2. The van der Waals surface area contributed by atoms with Crippen LogP contribution in [0.3, 0.4) is 0 Å². The maximum Gasteiger partial charge on any atom is 0.123 e. The van der Waals surface area contributed by atoms with Crippen molar-refractivity contribution in [2.75, 3.05) is 37.6 Å². The smallest absolute Gasteiger partial charge is 0.123 e. The van der Waals surface area contributed by atoms with Crippen LogP contribution in [0.25, 0.3) is 0 Å². The van der Waals surface area contributed by atoms with Crippen molar-refractivity contribution in [3.8, 4) is 0 Å². The van der Waals surface area contributed by atoms with E-state index in [2.05, 4.69) is 23.6 Å². The standard InChI is InChI=1S/C16H24FN3S/c1-16(2,15(18)21)7-8-19-9-11-20(12-10-19)14-5-3-13(17)4-6-14/h3-6H,7-12H2,1-2H3,(H2,18,21). The summed E-state index contributed by atoms with van der Waals surface area (Å²) in [6.07, 6.45) is 0.985. The van der Waals surface area contributed by atoms with Gasteiger partial charge < -0.3 is 10.6 Å². The first-order chi connectivity index (χ1) is 9.88. The van der Waals surface area contributed by atoms with E-state index in [1.165, 1.54) is 12.1 Å². The van der Waals surface area contributed by atoms with Gasteiger partial charge in [0.2, 0.25) is 0 Å². The molecule has 3 nitrogen and oxygen atoms in total. The number of nitrogens with zero attached hydrogens (tertiary/aromatic N) is 2. The lowest BCUT2D eigenvalue weighted by molar-refractivity contribution is 0.233. The van der Waals surface area contributed by atoms with Crippen LogP contribution in [0.5, 0.6) is 0 Å². The number of nitrogens with two attached hydrogens (primary N) is 1. The summed E-state index contributed by atoms with van der Waals surface area (Å²) in [5, 5.41) is 0. The number of benzene rings is 1. The van der Waals surface area contributed by atoms with Gasteiger partial charge in [-0.3, -0.25) is 4.90 Å². The Kier molecular flexibility index (Phi) is 5.17. The van der Waals surface area contributed by atoms with Gasteiger partial charge in [0.1, 0.15) is 5.82 Å². The highest BCUT2D eigenvalue weighted by Crippen LogP contribution is 2.22. The number of halogens is 1. The molecule has 1 heterocycles. The predicted octanol–water partition coefficient (Wildman–Crippen LogP) is 2.65. The molecule has 1 saturated heterocycles. The Morgan fingerprint density at radius 2 is 1.76 bits per heavy atom. The molecule has 2 N–H and O–H groups in total. The number of piperazine rings is 1. The van der Waals surface area contributed by atoms with Gasteiger partial charge in [-0.1, -0.05) is 26.1 Å². The first-order valence-corrected chi connectivity index (χ1v) is 7.82. The average molecular weight is 309 g/mol. The van der Waals surface area contributed by atoms with Gasteiger partial charge in [-0.2, -0.15) is 0 Å². The van der Waals surface area contributed by atoms with Crippen LogP contribution in [0.4, 0.5) is 10.1 Å². The van der Waals surface area contributed by atoms with Gasteiger partial charge in [0.15, 0.2) is 0 Å². The molecule has 0 bridgehead atoms. The molecule has 0 aromatic heterocycles. The van der Waals surface area contributed by atoms with Crippen molar-refractivity contribution in [3.63, 3.8) is 0 Å². The Morgan fingerprint density at radius 3 is 2.29 bits per heavy atom. The lowest BCUT2D eigenvalue weighted by atomic mass is 9.89. The van der Waals surface area contributed by atoms with Crippen LogP contribution in [0.2, 0.25) is 0 Å². The molecular formula is C16H24FN3S. The van der Waals surface area contributed by atoms with Crippen LogP contribution in [0.1, 0.15) is 20.3 Å². The maximum absolute atomic E-state index is 12.9. The van der Waals surface area contributed by atoms with E-state index in [0.29, 0.717) is 4.99 Å². The molecule has 21 heavy (non-hydrogen) atoms. The quantitative estimate of drug-likeness (QED) is 0.848. The van der Waals surface area contributed by atoms with E-state index < -0.39 is 0 Å². The van der Waals surface area contributed by atoms with Crippen molar-refractivity contribution in [2.24, 2.45) is 11.1 Å². The normalized spacial score (nSPS) is 17.0. The zero-order chi connectivity index (χ0) is 15.5. The Balaban J connectivity index is 1.81. The summed E-state index contributed by atoms with van der Waals surface area (Å²) in [7, 11) is 0. The van der Waals surface area contributed by atoms with Crippen molar-refractivity contribution in [1.82, 2.24) is 4.90 Å². The van der Waals surface area contributed by atoms with E-state index >= 15 is 0 Å². The summed E-state index contributed by atoms with van der Waals surface area (Å²) in [6, 6.07) is 6.74. The largest absolute Gasteiger partial charge is 0.393 e. The number of hydrogen-bond acceptors (Lipinski definition) is 3. The highest BCUT2D eigenvalue weighted by atomic mass is 32.1. The Morgan fingerprint density at radius 1 is 1.19 bits per heavy atom. The van der Waals surface area contributed by atoms with Crippen LogP contribution in [-0.4, -0.2) is 42.6 Å². The van der Waals surface area contributed by atoms with Gasteiger partial charge in [0.05, 0.1) is 4.99 Å². The summed E-state index contributed by atoms with van der Waals surface area (Å²) in [5.41, 5.74) is 6.79. The van der Waals surface area contributed by atoms with Crippen LogP contribution in [-0.2, 0) is 0 Å². The van der Waals surface area contributed by atoms with Crippen molar-refractivity contribution in [1.29, 1.82) is 0 Å². The highest BCUT2D eigenvalue weighted by Gasteiger charge is 2.24. The number of anilines is 1. The molecule has 1 aliphatic rings. The monoisotopic (exact) mass is 309 g/mol. The minimum absolute atomic E-state index is 0.0799. The van der Waals surface area contributed by atoms with Crippen LogP contribution >= 0.6 is 12.2 Å². The third-order valence-electron chi connectivity index (χ3n) is 4.28. The maximum atomic E-state index is 12.9. The second-order valence-electron chi connectivity index (χ2n) is 6.30. The number of rotatable bonds is 5. The van der Waals surface area contributed by atoms with E-state index in [0.717, 1.165) is 44.8 Å². The fraction of sp³-hybridized carbons (Fsp3) is 0.562. The van der Waals surface area contributed by atoms with E-state index in [1.807, 2.05) is 12.1 Å². The second kappa shape index (κ2) is 6.71. The molecule has 0 unspecified atom stereocenters. The van der Waals surface area contributed by atoms with Crippen LogP contribution in [0, 0.1) is 11.2 Å². The van der Waals surface area contributed by atoms with Gasteiger partial charge in [-0.25, -0.2) is 4.39 Å². The summed E-state index contributed by atoms with van der Waals surface area (Å²) < 4.78 is 12.9.